The number of carbonyl (C=O) groups excluding carboxylic acids is 1. The Labute approximate surface area is 141 Å². The molecule has 5 nitrogen and oxygen atoms in total. The summed E-state index contributed by atoms with van der Waals surface area (Å²) in [5.74, 6) is -0.175. The predicted octanol–water partition coefficient (Wildman–Crippen LogP) is 3.32. The zero-order valence-electron chi connectivity index (χ0n) is 13.8. The van der Waals surface area contributed by atoms with Gasteiger partial charge in [0.2, 0.25) is 0 Å². The van der Waals surface area contributed by atoms with E-state index >= 15 is 0 Å². The Bertz CT molecular complexity index is 708. The summed E-state index contributed by atoms with van der Waals surface area (Å²) in [4.78, 5) is 22.9. The third-order valence-corrected chi connectivity index (χ3v) is 3.57. The molecule has 0 aliphatic heterocycles. The fourth-order valence-corrected chi connectivity index (χ4v) is 2.17. The van der Waals surface area contributed by atoms with Crippen molar-refractivity contribution in [2.24, 2.45) is 0 Å². The quantitative estimate of drug-likeness (QED) is 0.765. The third-order valence-electron chi connectivity index (χ3n) is 3.57. The Balaban J connectivity index is 1.80. The number of carbonyl (C=O) groups is 2. The molecule has 0 fully saturated rings. The molecule has 5 heteroatoms. The van der Waals surface area contributed by atoms with Crippen LogP contribution in [-0.4, -0.2) is 30.1 Å². The summed E-state index contributed by atoms with van der Waals surface area (Å²) >= 11 is 0. The van der Waals surface area contributed by atoms with Gasteiger partial charge in [0.15, 0.2) is 0 Å². The maximum atomic E-state index is 12.1. The van der Waals surface area contributed by atoms with Crippen LogP contribution in [0.1, 0.15) is 46.0 Å². The lowest BCUT2D eigenvalue weighted by Gasteiger charge is -2.10. The highest BCUT2D eigenvalue weighted by molar-refractivity contribution is 5.94. The minimum absolute atomic E-state index is 0.137. The van der Waals surface area contributed by atoms with Gasteiger partial charge in [0.05, 0.1) is 12.1 Å². The van der Waals surface area contributed by atoms with E-state index in [1.165, 1.54) is 12.1 Å². The fraction of sp³-hybridized carbons (Fsp3) is 0.263. The first-order valence-corrected chi connectivity index (χ1v) is 7.81. The van der Waals surface area contributed by atoms with Crippen LogP contribution in [0.5, 0.6) is 5.75 Å². The highest BCUT2D eigenvalue weighted by Crippen LogP contribution is 2.15. The standard InChI is InChI=1S/C19H21NO4/c1-13(2)15-4-3-5-16(12-15)18(21)20-10-11-24-17-8-6-14(7-9-17)19(22)23/h3-9,12-13H,10-11H2,1-2H3,(H,20,21)(H,22,23). The van der Waals surface area contributed by atoms with Gasteiger partial charge in [-0.3, -0.25) is 4.79 Å². The Morgan fingerprint density at radius 3 is 2.42 bits per heavy atom. The molecular formula is C19H21NO4. The molecule has 0 spiro atoms. The number of benzene rings is 2. The maximum absolute atomic E-state index is 12.1. The summed E-state index contributed by atoms with van der Waals surface area (Å²) in [6.07, 6.45) is 0. The largest absolute Gasteiger partial charge is 0.492 e. The molecule has 0 saturated heterocycles. The zero-order chi connectivity index (χ0) is 17.5. The van der Waals surface area contributed by atoms with Gasteiger partial charge in [-0.1, -0.05) is 26.0 Å². The second-order valence-electron chi connectivity index (χ2n) is 5.71. The molecule has 0 saturated carbocycles. The Morgan fingerprint density at radius 2 is 1.79 bits per heavy atom. The number of ether oxygens (including phenoxy) is 1. The number of carboxylic acid groups (broad SMARTS) is 1. The van der Waals surface area contributed by atoms with E-state index in [1.807, 2.05) is 18.2 Å². The van der Waals surface area contributed by atoms with Gasteiger partial charge in [-0.15, -0.1) is 0 Å². The van der Waals surface area contributed by atoms with Crippen LogP contribution < -0.4 is 10.1 Å². The summed E-state index contributed by atoms with van der Waals surface area (Å²) in [6.45, 7) is 4.84. The van der Waals surface area contributed by atoms with Crippen LogP contribution in [0.3, 0.4) is 0 Å². The highest BCUT2D eigenvalue weighted by atomic mass is 16.5. The van der Waals surface area contributed by atoms with E-state index in [0.29, 0.717) is 30.4 Å². The van der Waals surface area contributed by atoms with Crippen molar-refractivity contribution in [3.8, 4) is 5.75 Å². The first-order valence-electron chi connectivity index (χ1n) is 7.81. The normalized spacial score (nSPS) is 10.5. The Morgan fingerprint density at radius 1 is 1.08 bits per heavy atom. The van der Waals surface area contributed by atoms with Gasteiger partial charge in [-0.25, -0.2) is 4.79 Å². The minimum atomic E-state index is -0.975. The lowest BCUT2D eigenvalue weighted by atomic mass is 10.0. The smallest absolute Gasteiger partial charge is 0.335 e. The molecule has 2 aromatic rings. The first kappa shape index (κ1) is 17.5. The van der Waals surface area contributed by atoms with E-state index in [4.69, 9.17) is 9.84 Å². The van der Waals surface area contributed by atoms with Crippen LogP contribution in [0.25, 0.3) is 0 Å². The van der Waals surface area contributed by atoms with E-state index in [9.17, 15) is 9.59 Å². The number of aromatic carboxylic acids is 1. The average molecular weight is 327 g/mol. The van der Waals surface area contributed by atoms with Crippen molar-refractivity contribution < 1.29 is 19.4 Å². The van der Waals surface area contributed by atoms with Gasteiger partial charge in [0.25, 0.3) is 5.91 Å². The molecule has 2 N–H and O–H groups in total. The maximum Gasteiger partial charge on any atom is 0.335 e. The number of nitrogens with one attached hydrogen (secondary N) is 1. The van der Waals surface area contributed by atoms with Crippen LogP contribution in [0, 0.1) is 0 Å². The molecule has 0 bridgehead atoms. The summed E-state index contributed by atoms with van der Waals surface area (Å²) in [6, 6.07) is 13.7. The molecule has 0 aliphatic carbocycles. The SMILES string of the molecule is CC(C)c1cccc(C(=O)NCCOc2ccc(C(=O)O)cc2)c1. The van der Waals surface area contributed by atoms with Gasteiger partial charge in [-0.05, 0) is 47.9 Å². The molecule has 2 rings (SSSR count). The summed E-state index contributed by atoms with van der Waals surface area (Å²) in [7, 11) is 0. The molecule has 0 heterocycles. The first-order chi connectivity index (χ1) is 11.5. The number of carboxylic acids is 1. The van der Waals surface area contributed by atoms with Crippen molar-refractivity contribution in [3.05, 3.63) is 65.2 Å². The van der Waals surface area contributed by atoms with Gasteiger partial charge in [0.1, 0.15) is 12.4 Å². The van der Waals surface area contributed by atoms with Crippen molar-refractivity contribution in [2.75, 3.05) is 13.2 Å². The molecule has 0 aromatic heterocycles. The minimum Gasteiger partial charge on any atom is -0.492 e. The Hall–Kier alpha value is -2.82. The van der Waals surface area contributed by atoms with Gasteiger partial charge >= 0.3 is 5.97 Å². The molecule has 1 amide bonds. The van der Waals surface area contributed by atoms with Gasteiger partial charge in [-0.2, -0.15) is 0 Å². The van der Waals surface area contributed by atoms with Crippen molar-refractivity contribution in [3.63, 3.8) is 0 Å². The molecule has 0 atom stereocenters. The van der Waals surface area contributed by atoms with E-state index < -0.39 is 5.97 Å². The highest BCUT2D eigenvalue weighted by Gasteiger charge is 2.07. The van der Waals surface area contributed by atoms with E-state index in [-0.39, 0.29) is 11.5 Å². The Kier molecular flexibility index (Phi) is 5.95. The third kappa shape index (κ3) is 4.84. The monoisotopic (exact) mass is 327 g/mol. The summed E-state index contributed by atoms with van der Waals surface area (Å²) < 4.78 is 5.48. The molecule has 24 heavy (non-hydrogen) atoms. The van der Waals surface area contributed by atoms with Crippen molar-refractivity contribution in [1.82, 2.24) is 5.32 Å². The van der Waals surface area contributed by atoms with Crippen LogP contribution >= 0.6 is 0 Å². The van der Waals surface area contributed by atoms with Crippen molar-refractivity contribution in [2.45, 2.75) is 19.8 Å². The van der Waals surface area contributed by atoms with Crippen molar-refractivity contribution in [1.29, 1.82) is 0 Å². The number of rotatable bonds is 7. The fourth-order valence-electron chi connectivity index (χ4n) is 2.17. The van der Waals surface area contributed by atoms with E-state index in [1.54, 1.807) is 18.2 Å². The van der Waals surface area contributed by atoms with E-state index in [2.05, 4.69) is 19.2 Å². The summed E-state index contributed by atoms with van der Waals surface area (Å²) in [5, 5.41) is 11.6. The number of amides is 1. The molecule has 0 aliphatic rings. The lowest BCUT2D eigenvalue weighted by Crippen LogP contribution is -2.28. The molecule has 126 valence electrons. The van der Waals surface area contributed by atoms with Crippen molar-refractivity contribution >= 4 is 11.9 Å². The molecule has 2 aromatic carbocycles. The van der Waals surface area contributed by atoms with Gasteiger partial charge < -0.3 is 15.2 Å². The zero-order valence-corrected chi connectivity index (χ0v) is 13.8. The van der Waals surface area contributed by atoms with Crippen LogP contribution in [0.15, 0.2) is 48.5 Å². The van der Waals surface area contributed by atoms with Gasteiger partial charge in [0, 0.05) is 5.56 Å². The second kappa shape index (κ2) is 8.15. The molecular weight excluding hydrogens is 306 g/mol. The number of hydrogen-bond donors (Lipinski definition) is 2. The number of hydrogen-bond acceptors (Lipinski definition) is 3. The lowest BCUT2D eigenvalue weighted by molar-refractivity contribution is 0.0696. The van der Waals surface area contributed by atoms with E-state index in [0.717, 1.165) is 5.56 Å². The average Bonchev–Trinajstić information content (AvgIpc) is 2.59. The van der Waals surface area contributed by atoms with Crippen LogP contribution in [-0.2, 0) is 0 Å². The summed E-state index contributed by atoms with van der Waals surface area (Å²) in [5.41, 5.74) is 1.96. The second-order valence-corrected chi connectivity index (χ2v) is 5.71. The molecule has 0 unspecified atom stereocenters. The van der Waals surface area contributed by atoms with Crippen LogP contribution in [0.2, 0.25) is 0 Å². The predicted molar refractivity (Wildman–Crippen MR) is 91.8 cm³/mol. The topological polar surface area (TPSA) is 75.6 Å². The van der Waals surface area contributed by atoms with Crippen LogP contribution in [0.4, 0.5) is 0 Å². The molecule has 0 radical (unpaired) electrons.